The molecule has 3 aromatic rings. The lowest BCUT2D eigenvalue weighted by Crippen LogP contribution is -2.31. The number of nitrogens with one attached hydrogen (secondary N) is 2. The van der Waals surface area contributed by atoms with E-state index in [2.05, 4.69) is 22.2 Å². The third-order valence-corrected chi connectivity index (χ3v) is 4.79. The molecule has 1 aromatic carbocycles. The van der Waals surface area contributed by atoms with E-state index in [0.717, 1.165) is 65.4 Å². The first-order valence-corrected chi connectivity index (χ1v) is 9.44. The van der Waals surface area contributed by atoms with Gasteiger partial charge < -0.3 is 15.0 Å². The van der Waals surface area contributed by atoms with Crippen LogP contribution in [-0.2, 0) is 6.42 Å². The number of fused-ring (bicyclic) bond motifs is 1. The maximum Gasteiger partial charge on any atom is 0.253 e. The van der Waals surface area contributed by atoms with Gasteiger partial charge >= 0.3 is 0 Å². The maximum atomic E-state index is 12.0. The van der Waals surface area contributed by atoms with Crippen LogP contribution in [0.15, 0.2) is 48.7 Å². The van der Waals surface area contributed by atoms with Crippen LogP contribution in [0, 0.1) is 0 Å². The van der Waals surface area contributed by atoms with Gasteiger partial charge in [0.1, 0.15) is 5.75 Å². The lowest BCUT2D eigenvalue weighted by molar-refractivity contribution is 0.0946. The van der Waals surface area contributed by atoms with E-state index in [1.807, 2.05) is 42.5 Å². The van der Waals surface area contributed by atoms with Crippen molar-refractivity contribution < 1.29 is 9.53 Å². The van der Waals surface area contributed by atoms with Gasteiger partial charge in [0.2, 0.25) is 0 Å². The van der Waals surface area contributed by atoms with Crippen LogP contribution in [0.3, 0.4) is 0 Å². The first-order valence-electron chi connectivity index (χ1n) is 9.44. The van der Waals surface area contributed by atoms with Crippen LogP contribution >= 0.6 is 0 Å². The highest BCUT2D eigenvalue weighted by Gasteiger charge is 2.20. The zero-order chi connectivity index (χ0) is 18.6. The average Bonchev–Trinajstić information content (AvgIpc) is 3.15. The second-order valence-corrected chi connectivity index (χ2v) is 6.74. The van der Waals surface area contributed by atoms with E-state index >= 15 is 0 Å². The van der Waals surface area contributed by atoms with E-state index in [9.17, 15) is 4.79 Å². The molecule has 0 atom stereocenters. The Kier molecular flexibility index (Phi) is 4.92. The van der Waals surface area contributed by atoms with Gasteiger partial charge in [0.05, 0.1) is 17.9 Å². The number of carbonyl (C=O) groups is 1. The van der Waals surface area contributed by atoms with Crippen LogP contribution in [0.4, 0.5) is 0 Å². The van der Waals surface area contributed by atoms with Crippen LogP contribution in [0.2, 0.25) is 0 Å². The maximum absolute atomic E-state index is 12.0. The van der Waals surface area contributed by atoms with Crippen molar-refractivity contribution >= 4 is 5.91 Å². The molecule has 1 aliphatic rings. The summed E-state index contributed by atoms with van der Waals surface area (Å²) in [5, 5.41) is 2.88. The van der Waals surface area contributed by atoms with E-state index < -0.39 is 0 Å². The predicted octanol–water partition coefficient (Wildman–Crippen LogP) is 4.21. The first-order chi connectivity index (χ1) is 13.2. The molecule has 1 aliphatic heterocycles. The third kappa shape index (κ3) is 3.72. The Hall–Kier alpha value is -3.08. The quantitative estimate of drug-likeness (QED) is 0.646. The van der Waals surface area contributed by atoms with E-state index in [0.29, 0.717) is 6.54 Å². The van der Waals surface area contributed by atoms with Gasteiger partial charge in [-0.15, -0.1) is 0 Å². The molecule has 138 valence electrons. The number of aromatic amines is 1. The Morgan fingerprint density at radius 1 is 1.11 bits per heavy atom. The number of ether oxygens (including phenoxy) is 1. The van der Waals surface area contributed by atoms with Gasteiger partial charge in [-0.2, -0.15) is 0 Å². The van der Waals surface area contributed by atoms with Crippen LogP contribution in [-0.4, -0.2) is 29.0 Å². The van der Waals surface area contributed by atoms with Crippen molar-refractivity contribution in [2.75, 3.05) is 13.2 Å². The number of aromatic nitrogens is 2. The molecule has 4 rings (SSSR count). The van der Waals surface area contributed by atoms with Crippen molar-refractivity contribution in [2.45, 2.75) is 26.2 Å². The number of benzene rings is 1. The molecular formula is C22H23N3O2. The minimum atomic E-state index is -0.00769. The zero-order valence-corrected chi connectivity index (χ0v) is 15.4. The number of carbonyl (C=O) groups excluding carboxylic acids is 1. The summed E-state index contributed by atoms with van der Waals surface area (Å²) < 4.78 is 5.72. The van der Waals surface area contributed by atoms with Crippen LogP contribution in [0.1, 0.15) is 35.8 Å². The molecule has 27 heavy (non-hydrogen) atoms. The second kappa shape index (κ2) is 7.66. The van der Waals surface area contributed by atoms with Crippen molar-refractivity contribution in [1.82, 2.24) is 15.3 Å². The summed E-state index contributed by atoms with van der Waals surface area (Å²) >= 11 is 0. The molecule has 2 aromatic heterocycles. The van der Waals surface area contributed by atoms with Gasteiger partial charge in [0.15, 0.2) is 0 Å². The minimum Gasteiger partial charge on any atom is -0.494 e. The molecule has 5 nitrogen and oxygen atoms in total. The number of hydrogen-bond acceptors (Lipinski definition) is 3. The number of nitrogens with zero attached hydrogens (tertiary/aromatic N) is 1. The SMILES string of the molecule is CCCCOc1ccc(-c2cc(-c3cc4c([nH]3)CCNC4=O)ccn2)cc1. The molecule has 0 saturated carbocycles. The molecule has 0 spiro atoms. The fourth-order valence-corrected chi connectivity index (χ4v) is 3.26. The highest BCUT2D eigenvalue weighted by molar-refractivity contribution is 5.97. The second-order valence-electron chi connectivity index (χ2n) is 6.74. The van der Waals surface area contributed by atoms with Gasteiger partial charge in [-0.05, 0) is 48.9 Å². The van der Waals surface area contributed by atoms with Crippen molar-refractivity contribution in [3.63, 3.8) is 0 Å². The Bertz CT molecular complexity index is 944. The number of amides is 1. The fourth-order valence-electron chi connectivity index (χ4n) is 3.26. The zero-order valence-electron chi connectivity index (χ0n) is 15.4. The molecule has 2 N–H and O–H groups in total. The third-order valence-electron chi connectivity index (χ3n) is 4.79. The lowest BCUT2D eigenvalue weighted by Gasteiger charge is -2.11. The standard InChI is InChI=1S/C22H23N3O2/c1-2-3-12-27-17-6-4-15(5-7-17)20-13-16(8-10-23-20)21-14-18-19(25-21)9-11-24-22(18)26/h4-8,10,13-14,25H,2-3,9,11-12H2,1H3,(H,24,26). The molecule has 0 unspecified atom stereocenters. The van der Waals surface area contributed by atoms with E-state index in [1.165, 1.54) is 0 Å². The highest BCUT2D eigenvalue weighted by Crippen LogP contribution is 2.28. The average molecular weight is 361 g/mol. The summed E-state index contributed by atoms with van der Waals surface area (Å²) in [6.07, 6.45) is 4.82. The van der Waals surface area contributed by atoms with Crippen molar-refractivity contribution in [2.24, 2.45) is 0 Å². The van der Waals surface area contributed by atoms with Crippen molar-refractivity contribution in [3.05, 3.63) is 59.9 Å². The van der Waals surface area contributed by atoms with Gasteiger partial charge in [-0.3, -0.25) is 9.78 Å². The number of pyridine rings is 1. The van der Waals surface area contributed by atoms with E-state index in [1.54, 1.807) is 6.20 Å². The van der Waals surface area contributed by atoms with Gasteiger partial charge in [0.25, 0.3) is 5.91 Å². The molecule has 5 heteroatoms. The molecule has 0 fully saturated rings. The Morgan fingerprint density at radius 2 is 1.96 bits per heavy atom. The molecule has 0 aliphatic carbocycles. The summed E-state index contributed by atoms with van der Waals surface area (Å²) in [5.74, 6) is 0.873. The molecule has 0 bridgehead atoms. The first kappa shape index (κ1) is 17.3. The monoisotopic (exact) mass is 361 g/mol. The summed E-state index contributed by atoms with van der Waals surface area (Å²) in [5.41, 5.74) is 5.63. The molecule has 0 radical (unpaired) electrons. The smallest absolute Gasteiger partial charge is 0.253 e. The Balaban J connectivity index is 1.57. The largest absolute Gasteiger partial charge is 0.494 e. The highest BCUT2D eigenvalue weighted by atomic mass is 16.5. The fraction of sp³-hybridized carbons (Fsp3) is 0.273. The van der Waals surface area contributed by atoms with Crippen molar-refractivity contribution in [1.29, 1.82) is 0 Å². The predicted molar refractivity (Wildman–Crippen MR) is 106 cm³/mol. The number of unbranched alkanes of at least 4 members (excludes halogenated alkanes) is 1. The van der Waals surface area contributed by atoms with E-state index in [4.69, 9.17) is 4.74 Å². The van der Waals surface area contributed by atoms with Crippen molar-refractivity contribution in [3.8, 4) is 28.3 Å². The van der Waals surface area contributed by atoms with Gasteiger partial charge in [-0.1, -0.05) is 13.3 Å². The molecule has 3 heterocycles. The molecule has 0 saturated heterocycles. The summed E-state index contributed by atoms with van der Waals surface area (Å²) in [6, 6.07) is 14.0. The number of H-pyrrole nitrogens is 1. The summed E-state index contributed by atoms with van der Waals surface area (Å²) in [4.78, 5) is 19.9. The van der Waals surface area contributed by atoms with Crippen LogP contribution in [0.25, 0.3) is 22.5 Å². The van der Waals surface area contributed by atoms with Crippen LogP contribution < -0.4 is 10.1 Å². The minimum absolute atomic E-state index is 0.00769. The molecular weight excluding hydrogens is 338 g/mol. The summed E-state index contributed by atoms with van der Waals surface area (Å²) in [6.45, 7) is 3.58. The number of rotatable bonds is 6. The topological polar surface area (TPSA) is 67.0 Å². The van der Waals surface area contributed by atoms with E-state index in [-0.39, 0.29) is 5.91 Å². The Morgan fingerprint density at radius 3 is 2.74 bits per heavy atom. The van der Waals surface area contributed by atoms with Gasteiger partial charge in [-0.25, -0.2) is 0 Å². The molecule has 1 amide bonds. The van der Waals surface area contributed by atoms with Gasteiger partial charge in [0, 0.05) is 41.7 Å². The van der Waals surface area contributed by atoms with Crippen LogP contribution in [0.5, 0.6) is 5.75 Å². The number of hydrogen-bond donors (Lipinski definition) is 2. The normalized spacial score (nSPS) is 13.1. The summed E-state index contributed by atoms with van der Waals surface area (Å²) in [7, 11) is 0. The Labute approximate surface area is 158 Å². The lowest BCUT2D eigenvalue weighted by atomic mass is 10.1.